The van der Waals surface area contributed by atoms with Gasteiger partial charge in [0.1, 0.15) is 18.0 Å². The first kappa shape index (κ1) is 12.1. The molecule has 2 rings (SSSR count). The third kappa shape index (κ3) is 2.68. The average molecular weight is 234 g/mol. The van der Waals surface area contributed by atoms with Crippen molar-refractivity contribution in [1.29, 1.82) is 0 Å². The summed E-state index contributed by atoms with van der Waals surface area (Å²) in [5, 5.41) is 3.24. The molecule has 1 aliphatic rings. The van der Waals surface area contributed by atoms with Crippen LogP contribution in [-0.2, 0) is 0 Å². The molecule has 0 amide bonds. The van der Waals surface area contributed by atoms with Crippen molar-refractivity contribution < 1.29 is 0 Å². The molecule has 4 nitrogen and oxygen atoms in total. The third-order valence-electron chi connectivity index (χ3n) is 3.37. The molecule has 4 heteroatoms. The first-order valence-electron chi connectivity index (χ1n) is 6.55. The van der Waals surface area contributed by atoms with Crippen LogP contribution >= 0.6 is 0 Å². The van der Waals surface area contributed by atoms with Gasteiger partial charge in [-0.25, -0.2) is 9.97 Å². The van der Waals surface area contributed by atoms with Crippen LogP contribution in [0, 0.1) is 5.92 Å². The summed E-state index contributed by atoms with van der Waals surface area (Å²) >= 11 is 0. The number of nitrogens with one attached hydrogen (secondary N) is 1. The topological polar surface area (TPSA) is 41.0 Å². The molecule has 1 unspecified atom stereocenters. The monoisotopic (exact) mass is 234 g/mol. The summed E-state index contributed by atoms with van der Waals surface area (Å²) in [6.45, 7) is 8.66. The number of hydrogen-bond donors (Lipinski definition) is 1. The van der Waals surface area contributed by atoms with Crippen molar-refractivity contribution in [3.05, 3.63) is 12.4 Å². The van der Waals surface area contributed by atoms with Crippen molar-refractivity contribution >= 4 is 11.6 Å². The molecule has 0 bridgehead atoms. The van der Waals surface area contributed by atoms with Crippen LogP contribution in [-0.4, -0.2) is 29.1 Å². The zero-order valence-corrected chi connectivity index (χ0v) is 11.0. The Morgan fingerprint density at radius 2 is 2.29 bits per heavy atom. The number of aromatic nitrogens is 2. The molecule has 17 heavy (non-hydrogen) atoms. The molecule has 1 aromatic rings. The lowest BCUT2D eigenvalue weighted by Gasteiger charge is -2.28. The van der Waals surface area contributed by atoms with Crippen LogP contribution < -0.4 is 10.2 Å². The third-order valence-corrected chi connectivity index (χ3v) is 3.37. The van der Waals surface area contributed by atoms with Gasteiger partial charge in [-0.05, 0) is 25.7 Å². The summed E-state index contributed by atoms with van der Waals surface area (Å²) in [6, 6.07) is 2.68. The van der Waals surface area contributed by atoms with Crippen LogP contribution in [0.3, 0.4) is 0 Å². The minimum absolute atomic E-state index is 0.624. The van der Waals surface area contributed by atoms with Gasteiger partial charge in [-0.2, -0.15) is 0 Å². The predicted octanol–water partition coefficient (Wildman–Crippen LogP) is 2.53. The summed E-state index contributed by atoms with van der Waals surface area (Å²) in [6.07, 6.45) is 4.20. The van der Waals surface area contributed by atoms with E-state index in [1.807, 2.05) is 0 Å². The fraction of sp³-hybridized carbons (Fsp3) is 0.692. The molecular formula is C13H22N4. The van der Waals surface area contributed by atoms with E-state index in [9.17, 15) is 0 Å². The van der Waals surface area contributed by atoms with Crippen LogP contribution in [0.2, 0.25) is 0 Å². The van der Waals surface area contributed by atoms with Crippen LogP contribution in [0.1, 0.15) is 33.6 Å². The molecule has 0 aliphatic carbocycles. The maximum absolute atomic E-state index is 4.41. The number of nitrogens with zero attached hydrogens (tertiary/aromatic N) is 3. The summed E-state index contributed by atoms with van der Waals surface area (Å²) < 4.78 is 0. The number of anilines is 2. The smallest absolute Gasteiger partial charge is 0.134 e. The van der Waals surface area contributed by atoms with Crippen LogP contribution in [0.5, 0.6) is 0 Å². The predicted molar refractivity (Wildman–Crippen MR) is 71.4 cm³/mol. The van der Waals surface area contributed by atoms with Crippen LogP contribution in [0.15, 0.2) is 12.4 Å². The molecule has 0 saturated carbocycles. The quantitative estimate of drug-likeness (QED) is 0.869. The molecule has 1 saturated heterocycles. The SMILES string of the molecule is CCNc1cc(N2CCCC2C(C)C)ncn1. The van der Waals surface area contributed by atoms with Gasteiger partial charge in [0, 0.05) is 25.2 Å². The van der Waals surface area contributed by atoms with E-state index >= 15 is 0 Å². The Hall–Kier alpha value is -1.32. The van der Waals surface area contributed by atoms with Gasteiger partial charge >= 0.3 is 0 Å². The highest BCUT2D eigenvalue weighted by Gasteiger charge is 2.28. The normalized spacial score (nSPS) is 20.0. The van der Waals surface area contributed by atoms with Gasteiger partial charge in [-0.15, -0.1) is 0 Å². The minimum atomic E-state index is 0.624. The van der Waals surface area contributed by atoms with Crippen LogP contribution in [0.4, 0.5) is 11.6 Å². The molecule has 1 fully saturated rings. The zero-order chi connectivity index (χ0) is 12.3. The maximum atomic E-state index is 4.41. The number of rotatable bonds is 4. The van der Waals surface area contributed by atoms with E-state index in [1.165, 1.54) is 12.8 Å². The Labute approximate surface area is 103 Å². The zero-order valence-electron chi connectivity index (χ0n) is 11.0. The second kappa shape index (κ2) is 5.34. The summed E-state index contributed by atoms with van der Waals surface area (Å²) in [7, 11) is 0. The highest BCUT2D eigenvalue weighted by molar-refractivity contribution is 5.49. The lowest BCUT2D eigenvalue weighted by Crippen LogP contribution is -2.34. The lowest BCUT2D eigenvalue weighted by atomic mass is 10.0. The fourth-order valence-corrected chi connectivity index (χ4v) is 2.55. The molecule has 0 spiro atoms. The van der Waals surface area contributed by atoms with Gasteiger partial charge in [0.15, 0.2) is 0 Å². The Bertz CT molecular complexity index is 364. The molecule has 1 aromatic heterocycles. The van der Waals surface area contributed by atoms with Crippen molar-refractivity contribution in [1.82, 2.24) is 9.97 Å². The summed E-state index contributed by atoms with van der Waals surface area (Å²) in [4.78, 5) is 11.1. The first-order chi connectivity index (χ1) is 8.22. The van der Waals surface area contributed by atoms with Crippen LogP contribution in [0.25, 0.3) is 0 Å². The molecule has 0 radical (unpaired) electrons. The van der Waals surface area contributed by atoms with E-state index in [0.717, 1.165) is 24.7 Å². The molecule has 1 atom stereocenters. The second-order valence-electron chi connectivity index (χ2n) is 4.94. The number of hydrogen-bond acceptors (Lipinski definition) is 4. The molecule has 94 valence electrons. The molecular weight excluding hydrogens is 212 g/mol. The molecule has 0 aromatic carbocycles. The highest BCUT2D eigenvalue weighted by atomic mass is 15.2. The van der Waals surface area contributed by atoms with Gasteiger partial charge in [0.2, 0.25) is 0 Å². The minimum Gasteiger partial charge on any atom is -0.370 e. The Balaban J connectivity index is 2.18. The second-order valence-corrected chi connectivity index (χ2v) is 4.94. The van der Waals surface area contributed by atoms with Crippen molar-refractivity contribution in [2.75, 3.05) is 23.3 Å². The Morgan fingerprint density at radius 3 is 3.00 bits per heavy atom. The van der Waals surface area contributed by atoms with Gasteiger partial charge in [-0.1, -0.05) is 13.8 Å². The Morgan fingerprint density at radius 1 is 1.47 bits per heavy atom. The molecule has 1 N–H and O–H groups in total. The van der Waals surface area contributed by atoms with E-state index in [1.54, 1.807) is 6.33 Å². The molecule has 2 heterocycles. The van der Waals surface area contributed by atoms with Crippen molar-refractivity contribution in [3.63, 3.8) is 0 Å². The van der Waals surface area contributed by atoms with Gasteiger partial charge in [0.25, 0.3) is 0 Å². The van der Waals surface area contributed by atoms with E-state index in [4.69, 9.17) is 0 Å². The average Bonchev–Trinajstić information content (AvgIpc) is 2.79. The van der Waals surface area contributed by atoms with Crippen molar-refractivity contribution in [2.45, 2.75) is 39.7 Å². The maximum Gasteiger partial charge on any atom is 0.134 e. The first-order valence-corrected chi connectivity index (χ1v) is 6.55. The lowest BCUT2D eigenvalue weighted by molar-refractivity contribution is 0.489. The van der Waals surface area contributed by atoms with E-state index in [-0.39, 0.29) is 0 Å². The summed E-state index contributed by atoms with van der Waals surface area (Å²) in [5.74, 6) is 2.66. The van der Waals surface area contributed by atoms with Gasteiger partial charge < -0.3 is 10.2 Å². The van der Waals surface area contributed by atoms with Gasteiger partial charge in [-0.3, -0.25) is 0 Å². The van der Waals surface area contributed by atoms with E-state index in [0.29, 0.717) is 12.0 Å². The standard InChI is InChI=1S/C13H22N4/c1-4-14-12-8-13(16-9-15-12)17-7-5-6-11(17)10(2)3/h8-11H,4-7H2,1-3H3,(H,14,15,16). The molecule has 1 aliphatic heterocycles. The Kier molecular flexibility index (Phi) is 3.82. The van der Waals surface area contributed by atoms with E-state index in [2.05, 4.69) is 47.0 Å². The summed E-state index contributed by atoms with van der Waals surface area (Å²) in [5.41, 5.74) is 0. The van der Waals surface area contributed by atoms with Gasteiger partial charge in [0.05, 0.1) is 0 Å². The largest absolute Gasteiger partial charge is 0.370 e. The van der Waals surface area contributed by atoms with E-state index < -0.39 is 0 Å². The van der Waals surface area contributed by atoms with Crippen molar-refractivity contribution in [3.8, 4) is 0 Å². The van der Waals surface area contributed by atoms with Crippen molar-refractivity contribution in [2.24, 2.45) is 5.92 Å². The fourth-order valence-electron chi connectivity index (χ4n) is 2.55. The highest BCUT2D eigenvalue weighted by Crippen LogP contribution is 2.28.